The number of rotatable bonds is 5. The Morgan fingerprint density at radius 3 is 2.68 bits per heavy atom. The molecule has 0 aliphatic carbocycles. The third-order valence-electron chi connectivity index (χ3n) is 3.02. The van der Waals surface area contributed by atoms with Crippen LogP contribution in [-0.4, -0.2) is 79.4 Å². The van der Waals surface area contributed by atoms with Crippen LogP contribution in [0.1, 0.15) is 13.3 Å². The molecule has 0 saturated carbocycles. The summed E-state index contributed by atoms with van der Waals surface area (Å²) < 4.78 is 4.97. The van der Waals surface area contributed by atoms with Gasteiger partial charge < -0.3 is 20.1 Å². The van der Waals surface area contributed by atoms with Crippen molar-refractivity contribution in [3.8, 4) is 0 Å². The van der Waals surface area contributed by atoms with Crippen molar-refractivity contribution in [3.63, 3.8) is 0 Å². The fourth-order valence-corrected chi connectivity index (χ4v) is 2.12. The maximum atomic E-state index is 12.0. The number of methoxy groups -OCH3 is 1. The predicted octanol–water partition coefficient (Wildman–Crippen LogP) is -0.177. The van der Waals surface area contributed by atoms with E-state index in [1.165, 1.54) is 0 Å². The van der Waals surface area contributed by atoms with Crippen LogP contribution in [0.15, 0.2) is 0 Å². The summed E-state index contributed by atoms with van der Waals surface area (Å²) in [5.74, 6) is -0.827. The Kier molecular flexibility index (Phi) is 6.58. The summed E-state index contributed by atoms with van der Waals surface area (Å²) in [5.41, 5.74) is 0. The van der Waals surface area contributed by atoms with Gasteiger partial charge in [0.15, 0.2) is 0 Å². The maximum absolute atomic E-state index is 12.0. The smallest absolute Gasteiger partial charge is 0.317 e. The van der Waals surface area contributed by atoms with Gasteiger partial charge in [-0.15, -0.1) is 0 Å². The van der Waals surface area contributed by atoms with E-state index in [1.54, 1.807) is 12.0 Å². The van der Waals surface area contributed by atoms with Crippen LogP contribution in [0.2, 0.25) is 0 Å². The van der Waals surface area contributed by atoms with Crippen LogP contribution in [0.4, 0.5) is 4.79 Å². The number of nitrogens with one attached hydrogen (secondary N) is 1. The molecular formula is C12H23N3O4. The summed E-state index contributed by atoms with van der Waals surface area (Å²) in [7, 11) is 1.60. The lowest BCUT2D eigenvalue weighted by molar-refractivity contribution is -0.138. The van der Waals surface area contributed by atoms with Crippen LogP contribution in [0.3, 0.4) is 0 Å². The molecule has 2 amide bonds. The molecule has 1 atom stereocenters. The number of hydrogen-bond donors (Lipinski definition) is 2. The summed E-state index contributed by atoms with van der Waals surface area (Å²) in [6.45, 7) is 4.92. The molecular weight excluding hydrogens is 250 g/mol. The van der Waals surface area contributed by atoms with E-state index in [0.29, 0.717) is 32.8 Å². The zero-order valence-corrected chi connectivity index (χ0v) is 11.6. The van der Waals surface area contributed by atoms with E-state index in [0.717, 1.165) is 6.42 Å². The number of hydrogen-bond acceptors (Lipinski definition) is 4. The van der Waals surface area contributed by atoms with Crippen LogP contribution >= 0.6 is 0 Å². The molecule has 1 heterocycles. The van der Waals surface area contributed by atoms with E-state index in [4.69, 9.17) is 9.84 Å². The minimum atomic E-state index is -0.827. The number of carbonyl (C=O) groups excluding carboxylic acids is 1. The summed E-state index contributed by atoms with van der Waals surface area (Å²) in [6, 6.07) is -0.141. The van der Waals surface area contributed by atoms with Gasteiger partial charge in [-0.1, -0.05) is 0 Å². The van der Waals surface area contributed by atoms with Crippen molar-refractivity contribution in [2.24, 2.45) is 0 Å². The van der Waals surface area contributed by atoms with E-state index in [9.17, 15) is 9.59 Å². The molecule has 0 aromatic rings. The highest BCUT2D eigenvalue weighted by atomic mass is 16.5. The predicted molar refractivity (Wildman–Crippen MR) is 70.1 cm³/mol. The van der Waals surface area contributed by atoms with Crippen molar-refractivity contribution >= 4 is 12.0 Å². The first kappa shape index (κ1) is 15.7. The van der Waals surface area contributed by atoms with Gasteiger partial charge in [-0.2, -0.15) is 0 Å². The zero-order chi connectivity index (χ0) is 14.3. The molecule has 0 aromatic carbocycles. The SMILES string of the molecule is COCC(C)NC(=O)N1CCCN(CC(=O)O)CC1. The third kappa shape index (κ3) is 5.89. The molecule has 0 radical (unpaired) electrons. The summed E-state index contributed by atoms with van der Waals surface area (Å²) >= 11 is 0. The lowest BCUT2D eigenvalue weighted by Gasteiger charge is -2.23. The fourth-order valence-electron chi connectivity index (χ4n) is 2.12. The average molecular weight is 273 g/mol. The molecule has 19 heavy (non-hydrogen) atoms. The molecule has 1 saturated heterocycles. The molecule has 1 aliphatic rings. The Balaban J connectivity index is 2.39. The Hall–Kier alpha value is -1.34. The summed E-state index contributed by atoms with van der Waals surface area (Å²) in [6.07, 6.45) is 0.791. The van der Waals surface area contributed by atoms with Crippen LogP contribution in [0.5, 0.6) is 0 Å². The molecule has 0 aromatic heterocycles. The zero-order valence-electron chi connectivity index (χ0n) is 11.6. The van der Waals surface area contributed by atoms with Crippen molar-refractivity contribution in [2.45, 2.75) is 19.4 Å². The third-order valence-corrected chi connectivity index (χ3v) is 3.02. The van der Waals surface area contributed by atoms with E-state index in [2.05, 4.69) is 5.32 Å². The highest BCUT2D eigenvalue weighted by molar-refractivity contribution is 5.74. The minimum absolute atomic E-state index is 0.0316. The first-order valence-electron chi connectivity index (χ1n) is 6.51. The van der Waals surface area contributed by atoms with Crippen LogP contribution < -0.4 is 5.32 Å². The van der Waals surface area contributed by atoms with E-state index in [1.807, 2.05) is 11.8 Å². The minimum Gasteiger partial charge on any atom is -0.480 e. The molecule has 7 nitrogen and oxygen atoms in total. The number of aliphatic carboxylic acids is 1. The average Bonchev–Trinajstić information content (AvgIpc) is 2.54. The first-order chi connectivity index (χ1) is 9.02. The van der Waals surface area contributed by atoms with Gasteiger partial charge in [0.2, 0.25) is 0 Å². The van der Waals surface area contributed by atoms with Gasteiger partial charge in [-0.05, 0) is 13.3 Å². The highest BCUT2D eigenvalue weighted by Crippen LogP contribution is 2.03. The molecule has 7 heteroatoms. The molecule has 1 fully saturated rings. The molecule has 110 valence electrons. The number of carboxylic acids is 1. The second kappa shape index (κ2) is 7.96. The number of nitrogens with zero attached hydrogens (tertiary/aromatic N) is 2. The first-order valence-corrected chi connectivity index (χ1v) is 6.51. The summed E-state index contributed by atoms with van der Waals surface area (Å²) in [4.78, 5) is 26.2. The van der Waals surface area contributed by atoms with Gasteiger partial charge in [0, 0.05) is 33.3 Å². The molecule has 0 bridgehead atoms. The largest absolute Gasteiger partial charge is 0.480 e. The quantitative estimate of drug-likeness (QED) is 0.726. The lowest BCUT2D eigenvalue weighted by Crippen LogP contribution is -2.46. The second-order valence-electron chi connectivity index (χ2n) is 4.82. The second-order valence-corrected chi connectivity index (χ2v) is 4.82. The van der Waals surface area contributed by atoms with Gasteiger partial charge in [-0.3, -0.25) is 9.69 Å². The van der Waals surface area contributed by atoms with Gasteiger partial charge >= 0.3 is 12.0 Å². The van der Waals surface area contributed by atoms with Gasteiger partial charge in [0.1, 0.15) is 0 Å². The lowest BCUT2D eigenvalue weighted by atomic mass is 10.3. The number of carbonyl (C=O) groups is 2. The van der Waals surface area contributed by atoms with E-state index in [-0.39, 0.29) is 18.6 Å². The Morgan fingerprint density at radius 2 is 2.05 bits per heavy atom. The molecule has 1 unspecified atom stereocenters. The monoisotopic (exact) mass is 273 g/mol. The van der Waals surface area contributed by atoms with Crippen molar-refractivity contribution in [1.29, 1.82) is 0 Å². The van der Waals surface area contributed by atoms with E-state index >= 15 is 0 Å². The number of carboxylic acid groups (broad SMARTS) is 1. The van der Waals surface area contributed by atoms with Crippen LogP contribution in [-0.2, 0) is 9.53 Å². The van der Waals surface area contributed by atoms with Gasteiger partial charge in [0.25, 0.3) is 0 Å². The highest BCUT2D eigenvalue weighted by Gasteiger charge is 2.21. The molecule has 1 aliphatic heterocycles. The van der Waals surface area contributed by atoms with Gasteiger partial charge in [-0.25, -0.2) is 4.79 Å². The van der Waals surface area contributed by atoms with Crippen LogP contribution in [0.25, 0.3) is 0 Å². The van der Waals surface area contributed by atoms with Crippen LogP contribution in [0, 0.1) is 0 Å². The Labute approximate surface area is 113 Å². The molecule has 1 rings (SSSR count). The van der Waals surface area contributed by atoms with Crippen molar-refractivity contribution in [3.05, 3.63) is 0 Å². The van der Waals surface area contributed by atoms with Gasteiger partial charge in [0.05, 0.1) is 19.2 Å². The van der Waals surface area contributed by atoms with Crippen molar-refractivity contribution < 1.29 is 19.4 Å². The molecule has 2 N–H and O–H groups in total. The molecule has 0 spiro atoms. The van der Waals surface area contributed by atoms with Crippen molar-refractivity contribution in [2.75, 3.05) is 46.4 Å². The number of urea groups is 1. The standard InChI is InChI=1S/C12H23N3O4/c1-10(9-19-2)13-12(18)15-5-3-4-14(6-7-15)8-11(16)17/h10H,3-9H2,1-2H3,(H,13,18)(H,16,17). The normalized spacial score (nSPS) is 18.7. The summed E-state index contributed by atoms with van der Waals surface area (Å²) in [5, 5.41) is 11.6. The maximum Gasteiger partial charge on any atom is 0.317 e. The van der Waals surface area contributed by atoms with Crippen molar-refractivity contribution in [1.82, 2.24) is 15.1 Å². The fraction of sp³-hybridized carbons (Fsp3) is 0.833. The topological polar surface area (TPSA) is 82.1 Å². The number of amides is 2. The Bertz CT molecular complexity index is 311. The Morgan fingerprint density at radius 1 is 1.32 bits per heavy atom. The number of ether oxygens (including phenoxy) is 1. The van der Waals surface area contributed by atoms with E-state index < -0.39 is 5.97 Å².